The molecule has 9 heteroatoms. The fourth-order valence-corrected chi connectivity index (χ4v) is 7.64. The first-order chi connectivity index (χ1) is 12.7. The van der Waals surface area contributed by atoms with Crippen molar-refractivity contribution in [1.29, 1.82) is 0 Å². The first kappa shape index (κ1) is 29.2. The standard InChI is InChI=1S/C18H38N2O5Si2.CH4/c1-7-23-15-26-27(5,6)13-10-20(17(4)21)9-12-24-14-19-8-11-25-18(22)16(2)3;/h19H,2,7-15,26H2,1,3-6H3;1H4. The van der Waals surface area contributed by atoms with Gasteiger partial charge in [-0.1, -0.05) is 27.1 Å². The van der Waals surface area contributed by atoms with Crippen molar-refractivity contribution in [3.05, 3.63) is 12.2 Å². The number of ether oxygens (including phenoxy) is 3. The Labute approximate surface area is 174 Å². The Morgan fingerprint density at radius 2 is 1.82 bits per heavy atom. The van der Waals surface area contributed by atoms with Gasteiger partial charge in [0.15, 0.2) is 0 Å². The van der Waals surface area contributed by atoms with Crippen LogP contribution in [0, 0.1) is 0 Å². The number of nitrogens with one attached hydrogen (secondary N) is 1. The van der Waals surface area contributed by atoms with Crippen LogP contribution >= 0.6 is 0 Å². The molecular weight excluding hydrogens is 392 g/mol. The van der Waals surface area contributed by atoms with Gasteiger partial charge in [-0.15, -0.1) is 0 Å². The molecule has 0 bridgehead atoms. The Morgan fingerprint density at radius 1 is 1.14 bits per heavy atom. The van der Waals surface area contributed by atoms with Gasteiger partial charge in [-0.2, -0.15) is 0 Å². The average Bonchev–Trinajstić information content (AvgIpc) is 2.59. The summed E-state index contributed by atoms with van der Waals surface area (Å²) in [6.07, 6.45) is 0.951. The number of rotatable bonds is 16. The molecule has 1 N–H and O–H groups in total. The zero-order chi connectivity index (χ0) is 20.7. The van der Waals surface area contributed by atoms with Crippen molar-refractivity contribution < 1.29 is 23.8 Å². The van der Waals surface area contributed by atoms with Gasteiger partial charge in [-0.3, -0.25) is 10.1 Å². The second kappa shape index (κ2) is 16.9. The van der Waals surface area contributed by atoms with E-state index >= 15 is 0 Å². The van der Waals surface area contributed by atoms with Gasteiger partial charge < -0.3 is 19.1 Å². The van der Waals surface area contributed by atoms with Gasteiger partial charge in [0, 0.05) is 61.6 Å². The van der Waals surface area contributed by atoms with Crippen molar-refractivity contribution in [3.8, 4) is 0 Å². The molecule has 0 saturated heterocycles. The quantitative estimate of drug-likeness (QED) is 0.130. The van der Waals surface area contributed by atoms with Gasteiger partial charge in [-0.05, 0) is 19.9 Å². The summed E-state index contributed by atoms with van der Waals surface area (Å²) < 4.78 is 16.0. The monoisotopic (exact) mass is 434 g/mol. The summed E-state index contributed by atoms with van der Waals surface area (Å²) in [4.78, 5) is 24.9. The molecule has 0 rings (SSSR count). The van der Waals surface area contributed by atoms with Crippen LogP contribution in [0.1, 0.15) is 28.2 Å². The van der Waals surface area contributed by atoms with E-state index < -0.39 is 7.59 Å². The van der Waals surface area contributed by atoms with E-state index in [0.29, 0.717) is 32.0 Å². The third-order valence-electron chi connectivity index (χ3n) is 4.20. The number of esters is 1. The van der Waals surface area contributed by atoms with Crippen LogP contribution in [0.25, 0.3) is 0 Å². The number of carbonyl (C=O) groups is 2. The highest BCUT2D eigenvalue weighted by atomic mass is 29.2. The molecule has 7 nitrogen and oxygen atoms in total. The third-order valence-corrected chi connectivity index (χ3v) is 13.4. The Bertz CT molecular complexity index is 462. The van der Waals surface area contributed by atoms with Crippen molar-refractivity contribution in [2.75, 3.05) is 52.4 Å². The van der Waals surface area contributed by atoms with Crippen molar-refractivity contribution in [2.24, 2.45) is 0 Å². The highest BCUT2D eigenvalue weighted by Gasteiger charge is 2.22. The molecule has 28 heavy (non-hydrogen) atoms. The fraction of sp³-hybridized carbons (Fsp3) is 0.789. The van der Waals surface area contributed by atoms with Crippen LogP contribution in [-0.4, -0.2) is 85.8 Å². The summed E-state index contributed by atoms with van der Waals surface area (Å²) >= 11 is 0. The zero-order valence-electron chi connectivity index (χ0n) is 17.8. The lowest BCUT2D eigenvalue weighted by Crippen LogP contribution is -2.43. The number of carbonyl (C=O) groups excluding carboxylic acids is 2. The number of hydrogen-bond acceptors (Lipinski definition) is 6. The van der Waals surface area contributed by atoms with E-state index in [1.807, 2.05) is 11.8 Å². The van der Waals surface area contributed by atoms with Crippen LogP contribution in [0.4, 0.5) is 0 Å². The van der Waals surface area contributed by atoms with E-state index in [-0.39, 0.29) is 34.9 Å². The predicted octanol–water partition coefficient (Wildman–Crippen LogP) is 1.52. The molecule has 0 aliphatic heterocycles. The Balaban J connectivity index is 0. The molecule has 0 spiro atoms. The molecule has 0 saturated carbocycles. The molecule has 0 unspecified atom stereocenters. The molecule has 0 aromatic rings. The Hall–Kier alpha value is -1.01. The van der Waals surface area contributed by atoms with Crippen LogP contribution < -0.4 is 5.32 Å². The summed E-state index contributed by atoms with van der Waals surface area (Å²) in [5.74, 6) is -0.292. The van der Waals surface area contributed by atoms with Crippen LogP contribution in [0.2, 0.25) is 19.1 Å². The van der Waals surface area contributed by atoms with Crippen molar-refractivity contribution in [3.63, 3.8) is 0 Å². The Morgan fingerprint density at radius 3 is 2.39 bits per heavy atom. The second-order valence-electron chi connectivity index (χ2n) is 7.34. The number of hydrogen-bond donors (Lipinski definition) is 1. The molecule has 0 aromatic carbocycles. The minimum atomic E-state index is -1.22. The largest absolute Gasteiger partial charge is 0.461 e. The van der Waals surface area contributed by atoms with Crippen LogP contribution in [0.5, 0.6) is 0 Å². The number of nitrogens with zero attached hydrogens (tertiary/aromatic N) is 1. The molecule has 0 aliphatic carbocycles. The molecule has 0 aromatic heterocycles. The molecule has 0 atom stereocenters. The topological polar surface area (TPSA) is 77.1 Å². The molecule has 0 fully saturated rings. The predicted molar refractivity (Wildman–Crippen MR) is 121 cm³/mol. The van der Waals surface area contributed by atoms with E-state index in [9.17, 15) is 9.59 Å². The lowest BCUT2D eigenvalue weighted by atomic mass is 10.4. The highest BCUT2D eigenvalue weighted by molar-refractivity contribution is 7.23. The first-order valence-corrected chi connectivity index (χ1v) is 16.2. The summed E-state index contributed by atoms with van der Waals surface area (Å²) in [5.41, 5.74) is 0.391. The van der Waals surface area contributed by atoms with Crippen LogP contribution in [0.3, 0.4) is 0 Å². The average molecular weight is 435 g/mol. The van der Waals surface area contributed by atoms with Gasteiger partial charge in [0.25, 0.3) is 0 Å². The highest BCUT2D eigenvalue weighted by Crippen LogP contribution is 2.09. The zero-order valence-corrected chi connectivity index (χ0v) is 20.2. The molecule has 1 amide bonds. The third kappa shape index (κ3) is 16.0. The maximum Gasteiger partial charge on any atom is 0.333 e. The molecular formula is C19H42N2O5Si2. The van der Waals surface area contributed by atoms with Gasteiger partial charge in [-0.25, -0.2) is 4.79 Å². The summed E-state index contributed by atoms with van der Waals surface area (Å²) in [5, 5.41) is 3.03. The number of amides is 1. The lowest BCUT2D eigenvalue weighted by Gasteiger charge is -2.27. The normalized spacial score (nSPS) is 11.3. The van der Waals surface area contributed by atoms with Crippen LogP contribution in [0.15, 0.2) is 12.2 Å². The van der Waals surface area contributed by atoms with Crippen molar-refractivity contribution in [1.82, 2.24) is 10.2 Å². The van der Waals surface area contributed by atoms with E-state index in [0.717, 1.165) is 25.4 Å². The van der Waals surface area contributed by atoms with Gasteiger partial charge in [0.1, 0.15) is 6.61 Å². The SMILES string of the molecule is C.C=C(C)C(=O)OCCNCOCCN(CC[Si](C)(C)[SiH2]COCC)C(C)=O. The van der Waals surface area contributed by atoms with Gasteiger partial charge in [0.05, 0.1) is 13.3 Å². The second-order valence-corrected chi connectivity index (χ2v) is 20.3. The van der Waals surface area contributed by atoms with Crippen LogP contribution in [-0.2, 0) is 23.8 Å². The van der Waals surface area contributed by atoms with Crippen molar-refractivity contribution >= 4 is 28.5 Å². The van der Waals surface area contributed by atoms with E-state index in [4.69, 9.17) is 14.2 Å². The van der Waals surface area contributed by atoms with Gasteiger partial charge >= 0.3 is 5.97 Å². The molecule has 0 aliphatic rings. The maximum atomic E-state index is 11.8. The smallest absolute Gasteiger partial charge is 0.333 e. The Kier molecular flexibility index (Phi) is 17.6. The van der Waals surface area contributed by atoms with Gasteiger partial charge in [0.2, 0.25) is 5.91 Å². The van der Waals surface area contributed by atoms with Crippen molar-refractivity contribution in [2.45, 2.75) is 47.3 Å². The minimum absolute atomic E-state index is 0. The molecule has 0 radical (unpaired) electrons. The summed E-state index contributed by atoms with van der Waals surface area (Å²) in [6, 6.07) is 1.12. The first-order valence-electron chi connectivity index (χ1n) is 9.64. The van der Waals surface area contributed by atoms with E-state index in [2.05, 4.69) is 25.0 Å². The summed E-state index contributed by atoms with van der Waals surface area (Å²) in [6.45, 7) is 17.4. The molecule has 166 valence electrons. The fourth-order valence-electron chi connectivity index (χ4n) is 2.21. The molecule has 0 heterocycles. The lowest BCUT2D eigenvalue weighted by molar-refractivity contribution is -0.138. The van der Waals surface area contributed by atoms with E-state index in [1.165, 1.54) is 0 Å². The van der Waals surface area contributed by atoms with E-state index in [1.54, 1.807) is 13.8 Å². The minimum Gasteiger partial charge on any atom is -0.461 e. The summed E-state index contributed by atoms with van der Waals surface area (Å²) in [7, 11) is -1.41. The maximum absolute atomic E-state index is 11.8.